The second-order valence-corrected chi connectivity index (χ2v) is 3.48. The summed E-state index contributed by atoms with van der Waals surface area (Å²) in [5, 5.41) is 0. The first-order valence-corrected chi connectivity index (χ1v) is 4.71. The van der Waals surface area contributed by atoms with Crippen LogP contribution in [0.2, 0.25) is 0 Å². The topological polar surface area (TPSA) is 0 Å². The van der Waals surface area contributed by atoms with Gasteiger partial charge in [0.2, 0.25) is 0 Å². The first-order chi connectivity index (χ1) is 5.38. The van der Waals surface area contributed by atoms with Gasteiger partial charge in [-0.25, -0.2) is 0 Å². The largest absolute Gasteiger partial charge is 0.126 e. The molecule has 0 aliphatic heterocycles. The summed E-state index contributed by atoms with van der Waals surface area (Å²) in [6.07, 6.45) is 1.90. The van der Waals surface area contributed by atoms with Crippen LogP contribution in [0.4, 0.5) is 0 Å². The second kappa shape index (κ2) is 4.24. The third-order valence-electron chi connectivity index (χ3n) is 1.44. The molecule has 0 heterocycles. The molecule has 0 saturated carbocycles. The molecule has 1 aromatic carbocycles. The van der Waals surface area contributed by atoms with Crippen molar-refractivity contribution in [3.05, 3.63) is 36.4 Å². The van der Waals surface area contributed by atoms with Crippen molar-refractivity contribution >= 4 is 17.8 Å². The Hall–Kier alpha value is -0.690. The van der Waals surface area contributed by atoms with Gasteiger partial charge in [-0.2, -0.15) is 0 Å². The van der Waals surface area contributed by atoms with E-state index in [9.17, 15) is 0 Å². The second-order valence-electron chi connectivity index (χ2n) is 2.17. The minimum atomic E-state index is 1.12. The number of hydrogen-bond donors (Lipinski definition) is 0. The van der Waals surface area contributed by atoms with E-state index in [2.05, 4.69) is 31.7 Å². The van der Waals surface area contributed by atoms with E-state index in [1.54, 1.807) is 0 Å². The van der Waals surface area contributed by atoms with E-state index in [0.29, 0.717) is 0 Å². The van der Waals surface area contributed by atoms with Crippen LogP contribution in [-0.4, -0.2) is 5.75 Å². The smallest absolute Gasteiger partial charge is 0.0144 e. The van der Waals surface area contributed by atoms with Gasteiger partial charge in [0.05, 0.1) is 0 Å². The first-order valence-electron chi connectivity index (χ1n) is 3.72. The van der Waals surface area contributed by atoms with E-state index in [1.165, 1.54) is 10.5 Å². The van der Waals surface area contributed by atoms with Crippen LogP contribution in [0.25, 0.3) is 6.08 Å². The summed E-state index contributed by atoms with van der Waals surface area (Å²) in [4.78, 5) is 1.32. The van der Waals surface area contributed by atoms with Gasteiger partial charge in [-0.3, -0.25) is 0 Å². The quantitative estimate of drug-likeness (QED) is 0.617. The van der Waals surface area contributed by atoms with Crippen LogP contribution >= 0.6 is 11.8 Å². The Morgan fingerprint density at radius 3 is 2.82 bits per heavy atom. The SMILES string of the molecule is C=Cc1ccccc1SCC. The molecule has 1 aromatic rings. The lowest BCUT2D eigenvalue weighted by molar-refractivity contribution is 1.40. The molecule has 0 aliphatic carbocycles. The van der Waals surface area contributed by atoms with E-state index in [-0.39, 0.29) is 0 Å². The van der Waals surface area contributed by atoms with Crippen molar-refractivity contribution in [2.45, 2.75) is 11.8 Å². The molecule has 0 N–H and O–H groups in total. The number of rotatable bonds is 3. The van der Waals surface area contributed by atoms with Crippen LogP contribution in [-0.2, 0) is 0 Å². The molecule has 0 aliphatic rings. The average Bonchev–Trinajstić information content (AvgIpc) is 2.06. The third kappa shape index (κ3) is 2.12. The highest BCUT2D eigenvalue weighted by Crippen LogP contribution is 2.22. The summed E-state index contributed by atoms with van der Waals surface area (Å²) in [6, 6.07) is 8.32. The highest BCUT2D eigenvalue weighted by Gasteiger charge is 1.95. The van der Waals surface area contributed by atoms with Crippen LogP contribution in [0.5, 0.6) is 0 Å². The molecule has 0 radical (unpaired) electrons. The van der Waals surface area contributed by atoms with Crippen LogP contribution in [0.3, 0.4) is 0 Å². The van der Waals surface area contributed by atoms with Crippen molar-refractivity contribution in [3.8, 4) is 0 Å². The molecule has 1 rings (SSSR count). The standard InChI is InChI=1S/C10H12S/c1-3-9-7-5-6-8-10(9)11-4-2/h3,5-8H,1,4H2,2H3. The molecular weight excluding hydrogens is 152 g/mol. The Labute approximate surface area is 72.3 Å². The van der Waals surface area contributed by atoms with Gasteiger partial charge in [-0.1, -0.05) is 37.8 Å². The van der Waals surface area contributed by atoms with Gasteiger partial charge in [-0.05, 0) is 17.4 Å². The Kier molecular flexibility index (Phi) is 3.24. The molecule has 0 nitrogen and oxygen atoms in total. The van der Waals surface area contributed by atoms with Crippen LogP contribution in [0, 0.1) is 0 Å². The minimum absolute atomic E-state index is 1.12. The zero-order valence-corrected chi connectivity index (χ0v) is 7.53. The molecule has 0 amide bonds. The fourth-order valence-electron chi connectivity index (χ4n) is 0.936. The van der Waals surface area contributed by atoms with Gasteiger partial charge in [0, 0.05) is 4.90 Å². The van der Waals surface area contributed by atoms with Gasteiger partial charge >= 0.3 is 0 Å². The van der Waals surface area contributed by atoms with Gasteiger partial charge in [0.25, 0.3) is 0 Å². The molecule has 0 spiro atoms. The molecule has 0 unspecified atom stereocenters. The molecular formula is C10H12S. The highest BCUT2D eigenvalue weighted by molar-refractivity contribution is 7.99. The number of thioether (sulfide) groups is 1. The van der Waals surface area contributed by atoms with Crippen molar-refractivity contribution in [1.29, 1.82) is 0 Å². The summed E-state index contributed by atoms with van der Waals surface area (Å²) in [7, 11) is 0. The van der Waals surface area contributed by atoms with E-state index in [0.717, 1.165) is 5.75 Å². The first kappa shape index (κ1) is 8.41. The van der Waals surface area contributed by atoms with E-state index < -0.39 is 0 Å². The molecule has 0 fully saturated rings. The zero-order valence-electron chi connectivity index (χ0n) is 6.71. The van der Waals surface area contributed by atoms with Crippen LogP contribution in [0.15, 0.2) is 35.7 Å². The minimum Gasteiger partial charge on any atom is -0.126 e. The molecule has 11 heavy (non-hydrogen) atoms. The lowest BCUT2D eigenvalue weighted by Crippen LogP contribution is -1.77. The van der Waals surface area contributed by atoms with Crippen molar-refractivity contribution in [2.75, 3.05) is 5.75 Å². The molecule has 0 atom stereocenters. The Bertz CT molecular complexity index is 240. The van der Waals surface area contributed by atoms with E-state index in [1.807, 2.05) is 23.9 Å². The zero-order chi connectivity index (χ0) is 8.10. The maximum Gasteiger partial charge on any atom is 0.0144 e. The Morgan fingerprint density at radius 2 is 2.18 bits per heavy atom. The third-order valence-corrected chi connectivity index (χ3v) is 2.41. The predicted octanol–water partition coefficient (Wildman–Crippen LogP) is 3.44. The fraction of sp³-hybridized carbons (Fsp3) is 0.200. The summed E-state index contributed by atoms with van der Waals surface area (Å²) in [6.45, 7) is 5.92. The van der Waals surface area contributed by atoms with Crippen molar-refractivity contribution in [1.82, 2.24) is 0 Å². The molecule has 0 saturated heterocycles. The lowest BCUT2D eigenvalue weighted by atomic mass is 10.2. The maximum absolute atomic E-state index is 3.76. The molecule has 0 aromatic heterocycles. The van der Waals surface area contributed by atoms with Crippen molar-refractivity contribution in [2.24, 2.45) is 0 Å². The summed E-state index contributed by atoms with van der Waals surface area (Å²) in [5.74, 6) is 1.12. The monoisotopic (exact) mass is 164 g/mol. The maximum atomic E-state index is 3.76. The Balaban J connectivity index is 2.92. The number of benzene rings is 1. The normalized spacial score (nSPS) is 9.55. The molecule has 58 valence electrons. The summed E-state index contributed by atoms with van der Waals surface area (Å²) in [5.41, 5.74) is 1.24. The van der Waals surface area contributed by atoms with Crippen molar-refractivity contribution in [3.63, 3.8) is 0 Å². The van der Waals surface area contributed by atoms with Gasteiger partial charge in [0.15, 0.2) is 0 Å². The van der Waals surface area contributed by atoms with Crippen LogP contribution in [0.1, 0.15) is 12.5 Å². The molecule has 0 bridgehead atoms. The van der Waals surface area contributed by atoms with Gasteiger partial charge < -0.3 is 0 Å². The summed E-state index contributed by atoms with van der Waals surface area (Å²) >= 11 is 1.86. The van der Waals surface area contributed by atoms with Gasteiger partial charge in [0.1, 0.15) is 0 Å². The Morgan fingerprint density at radius 1 is 1.45 bits per heavy atom. The van der Waals surface area contributed by atoms with Gasteiger partial charge in [-0.15, -0.1) is 11.8 Å². The molecule has 1 heteroatoms. The summed E-state index contributed by atoms with van der Waals surface area (Å²) < 4.78 is 0. The van der Waals surface area contributed by atoms with Crippen LogP contribution < -0.4 is 0 Å². The number of hydrogen-bond acceptors (Lipinski definition) is 1. The van der Waals surface area contributed by atoms with E-state index in [4.69, 9.17) is 0 Å². The fourth-order valence-corrected chi connectivity index (χ4v) is 1.74. The van der Waals surface area contributed by atoms with E-state index >= 15 is 0 Å². The lowest BCUT2D eigenvalue weighted by Gasteiger charge is -2.01. The van der Waals surface area contributed by atoms with Crippen molar-refractivity contribution < 1.29 is 0 Å². The predicted molar refractivity (Wildman–Crippen MR) is 52.9 cm³/mol. The highest BCUT2D eigenvalue weighted by atomic mass is 32.2. The average molecular weight is 164 g/mol.